The SMILES string of the molecule is CCOCCNC(=O)c1cccc(S(=O)(=O)NC(=O)c2ccc(C(=O)O)nc2)c1. The smallest absolute Gasteiger partial charge is 0.354 e. The summed E-state index contributed by atoms with van der Waals surface area (Å²) in [5, 5.41) is 11.4. The van der Waals surface area contributed by atoms with Gasteiger partial charge in [0, 0.05) is 24.9 Å². The number of benzene rings is 1. The second kappa shape index (κ2) is 9.75. The lowest BCUT2D eigenvalue weighted by atomic mass is 10.2. The summed E-state index contributed by atoms with van der Waals surface area (Å²) in [6.45, 7) is 2.92. The van der Waals surface area contributed by atoms with Gasteiger partial charge in [-0.2, -0.15) is 0 Å². The summed E-state index contributed by atoms with van der Waals surface area (Å²) in [4.78, 5) is 38.3. The van der Waals surface area contributed by atoms with Crippen molar-refractivity contribution in [3.8, 4) is 0 Å². The first-order valence-corrected chi connectivity index (χ1v) is 9.95. The number of aromatic nitrogens is 1. The quantitative estimate of drug-likeness (QED) is 0.500. The monoisotopic (exact) mass is 421 g/mol. The van der Waals surface area contributed by atoms with E-state index in [2.05, 4.69) is 10.3 Å². The molecule has 0 saturated carbocycles. The topological polar surface area (TPSA) is 152 Å². The number of hydrogen-bond donors (Lipinski definition) is 3. The number of hydrogen-bond acceptors (Lipinski definition) is 7. The van der Waals surface area contributed by atoms with Crippen molar-refractivity contribution in [1.82, 2.24) is 15.0 Å². The number of nitrogens with one attached hydrogen (secondary N) is 2. The summed E-state index contributed by atoms with van der Waals surface area (Å²) in [6, 6.07) is 7.40. The molecule has 2 amide bonds. The maximum Gasteiger partial charge on any atom is 0.354 e. The van der Waals surface area contributed by atoms with Crippen LogP contribution in [-0.2, 0) is 14.8 Å². The van der Waals surface area contributed by atoms with Gasteiger partial charge >= 0.3 is 5.97 Å². The summed E-state index contributed by atoms with van der Waals surface area (Å²) < 4.78 is 31.9. The largest absolute Gasteiger partial charge is 0.477 e. The normalized spacial score (nSPS) is 10.9. The molecule has 3 N–H and O–H groups in total. The fraction of sp³-hybridized carbons (Fsp3) is 0.222. The van der Waals surface area contributed by atoms with E-state index in [1.165, 1.54) is 18.2 Å². The number of carboxylic acid groups (broad SMARTS) is 1. The average molecular weight is 421 g/mol. The van der Waals surface area contributed by atoms with E-state index in [0.717, 1.165) is 24.4 Å². The molecule has 1 heterocycles. The molecule has 0 unspecified atom stereocenters. The Balaban J connectivity index is 2.11. The van der Waals surface area contributed by atoms with Gasteiger partial charge < -0.3 is 15.2 Å². The van der Waals surface area contributed by atoms with Gasteiger partial charge in [-0.3, -0.25) is 9.59 Å². The van der Waals surface area contributed by atoms with E-state index >= 15 is 0 Å². The zero-order valence-corrected chi connectivity index (χ0v) is 16.2. The van der Waals surface area contributed by atoms with Crippen LogP contribution in [0.25, 0.3) is 0 Å². The van der Waals surface area contributed by atoms with Crippen molar-refractivity contribution >= 4 is 27.8 Å². The van der Waals surface area contributed by atoms with Gasteiger partial charge in [0.25, 0.3) is 21.8 Å². The number of ether oxygens (including phenoxy) is 1. The molecular formula is C18H19N3O7S. The number of pyridine rings is 1. The maximum absolute atomic E-state index is 12.5. The third-order valence-corrected chi connectivity index (χ3v) is 4.94. The standard InChI is InChI=1S/C18H19N3O7S/c1-2-28-9-8-19-16(22)12-4-3-5-14(10-12)29(26,27)21-17(23)13-6-7-15(18(24)25)20-11-13/h3-7,10-11H,2,8-9H2,1H3,(H,19,22)(H,21,23)(H,24,25). The van der Waals surface area contributed by atoms with E-state index in [1.54, 1.807) is 0 Å². The fourth-order valence-electron chi connectivity index (χ4n) is 2.18. The molecule has 2 rings (SSSR count). The highest BCUT2D eigenvalue weighted by Gasteiger charge is 2.20. The van der Waals surface area contributed by atoms with Gasteiger partial charge in [-0.15, -0.1) is 0 Å². The summed E-state index contributed by atoms with van der Waals surface area (Å²) in [5.41, 5.74) is -0.319. The van der Waals surface area contributed by atoms with Crippen LogP contribution in [-0.4, -0.2) is 56.1 Å². The Morgan fingerprint density at radius 1 is 1.10 bits per heavy atom. The number of rotatable bonds is 9. The van der Waals surface area contributed by atoms with E-state index in [0.29, 0.717) is 13.2 Å². The van der Waals surface area contributed by atoms with E-state index in [-0.39, 0.29) is 28.3 Å². The first kappa shape index (κ1) is 22.0. The Labute approximate surface area is 167 Å². The van der Waals surface area contributed by atoms with E-state index in [4.69, 9.17) is 9.84 Å². The Morgan fingerprint density at radius 3 is 2.48 bits per heavy atom. The van der Waals surface area contributed by atoms with Crippen molar-refractivity contribution in [2.75, 3.05) is 19.8 Å². The second-order valence-electron chi connectivity index (χ2n) is 5.65. The van der Waals surface area contributed by atoms with Gasteiger partial charge in [-0.05, 0) is 37.3 Å². The number of carbonyl (C=O) groups is 3. The number of sulfonamides is 1. The van der Waals surface area contributed by atoms with Gasteiger partial charge in [-0.1, -0.05) is 6.07 Å². The molecule has 0 aliphatic heterocycles. The number of carbonyl (C=O) groups excluding carboxylic acids is 2. The van der Waals surface area contributed by atoms with Crippen LogP contribution in [0.15, 0.2) is 47.5 Å². The Kier molecular flexibility index (Phi) is 7.39. The highest BCUT2D eigenvalue weighted by molar-refractivity contribution is 7.90. The lowest BCUT2D eigenvalue weighted by Gasteiger charge is -2.09. The van der Waals surface area contributed by atoms with Crippen molar-refractivity contribution in [3.05, 3.63) is 59.4 Å². The third kappa shape index (κ3) is 6.09. The molecule has 0 atom stereocenters. The predicted molar refractivity (Wildman–Crippen MR) is 101 cm³/mol. The van der Waals surface area contributed by atoms with Crippen molar-refractivity contribution in [3.63, 3.8) is 0 Å². The van der Waals surface area contributed by atoms with Crippen molar-refractivity contribution < 1.29 is 32.6 Å². The van der Waals surface area contributed by atoms with Crippen molar-refractivity contribution in [2.45, 2.75) is 11.8 Å². The zero-order chi connectivity index (χ0) is 21.4. The number of aromatic carboxylic acids is 1. The number of nitrogens with zero attached hydrogens (tertiary/aromatic N) is 1. The van der Waals surface area contributed by atoms with Crippen LogP contribution < -0.4 is 10.0 Å². The molecule has 1 aromatic carbocycles. The molecule has 0 aliphatic carbocycles. The van der Waals surface area contributed by atoms with Gasteiger partial charge in [0.2, 0.25) is 0 Å². The van der Waals surface area contributed by atoms with Gasteiger partial charge in [0.05, 0.1) is 17.1 Å². The Bertz CT molecular complexity index is 1000. The van der Waals surface area contributed by atoms with E-state index in [9.17, 15) is 22.8 Å². The van der Waals surface area contributed by atoms with Gasteiger partial charge in [0.1, 0.15) is 5.69 Å². The molecule has 154 valence electrons. The molecule has 0 saturated heterocycles. The van der Waals surface area contributed by atoms with Crippen LogP contribution >= 0.6 is 0 Å². The van der Waals surface area contributed by atoms with Crippen LogP contribution in [0.2, 0.25) is 0 Å². The molecule has 10 nitrogen and oxygen atoms in total. The molecule has 0 fully saturated rings. The molecule has 1 aromatic heterocycles. The molecule has 0 radical (unpaired) electrons. The molecule has 2 aromatic rings. The second-order valence-corrected chi connectivity index (χ2v) is 7.33. The molecule has 0 aliphatic rings. The first-order valence-electron chi connectivity index (χ1n) is 8.47. The zero-order valence-electron chi connectivity index (χ0n) is 15.4. The maximum atomic E-state index is 12.5. The van der Waals surface area contributed by atoms with E-state index in [1.807, 2.05) is 11.6 Å². The Morgan fingerprint density at radius 2 is 1.86 bits per heavy atom. The van der Waals surface area contributed by atoms with Crippen LogP contribution in [0.1, 0.15) is 38.1 Å². The fourth-order valence-corrected chi connectivity index (χ4v) is 3.20. The number of amides is 2. The summed E-state index contributed by atoms with van der Waals surface area (Å²) >= 11 is 0. The Hall–Kier alpha value is -3.31. The summed E-state index contributed by atoms with van der Waals surface area (Å²) in [6.07, 6.45) is 0.955. The highest BCUT2D eigenvalue weighted by atomic mass is 32.2. The van der Waals surface area contributed by atoms with Crippen LogP contribution in [0.4, 0.5) is 0 Å². The summed E-state index contributed by atoms with van der Waals surface area (Å²) in [5.74, 6) is -2.75. The molecule has 0 bridgehead atoms. The average Bonchev–Trinajstić information content (AvgIpc) is 2.71. The summed E-state index contributed by atoms with van der Waals surface area (Å²) in [7, 11) is -4.27. The highest BCUT2D eigenvalue weighted by Crippen LogP contribution is 2.12. The van der Waals surface area contributed by atoms with Gasteiger partial charge in [0.15, 0.2) is 0 Å². The minimum Gasteiger partial charge on any atom is -0.477 e. The molecule has 29 heavy (non-hydrogen) atoms. The van der Waals surface area contributed by atoms with Crippen molar-refractivity contribution in [2.24, 2.45) is 0 Å². The van der Waals surface area contributed by atoms with Crippen LogP contribution in [0.3, 0.4) is 0 Å². The lowest BCUT2D eigenvalue weighted by Crippen LogP contribution is -2.31. The lowest BCUT2D eigenvalue weighted by molar-refractivity contribution is 0.0689. The minimum absolute atomic E-state index is 0.101. The van der Waals surface area contributed by atoms with Crippen LogP contribution in [0.5, 0.6) is 0 Å². The van der Waals surface area contributed by atoms with E-state index < -0.39 is 27.8 Å². The molecular weight excluding hydrogens is 402 g/mol. The van der Waals surface area contributed by atoms with Crippen LogP contribution in [0, 0.1) is 0 Å². The molecule has 11 heteroatoms. The predicted octanol–water partition coefficient (Wildman–Crippen LogP) is 0.665. The third-order valence-electron chi connectivity index (χ3n) is 3.61. The number of carboxylic acids is 1. The minimum atomic E-state index is -4.27. The molecule has 0 spiro atoms. The van der Waals surface area contributed by atoms with Crippen molar-refractivity contribution in [1.29, 1.82) is 0 Å². The van der Waals surface area contributed by atoms with Gasteiger partial charge in [-0.25, -0.2) is 22.9 Å². The first-order chi connectivity index (χ1) is 13.7.